The van der Waals surface area contributed by atoms with Crippen LogP contribution in [0.4, 0.5) is 0 Å². The van der Waals surface area contributed by atoms with Crippen molar-refractivity contribution in [1.82, 2.24) is 5.01 Å². The highest BCUT2D eigenvalue weighted by atomic mass is 17.0. The molecule has 1 unspecified atom stereocenters. The van der Waals surface area contributed by atoms with Crippen LogP contribution in [0.2, 0.25) is 0 Å². The standard InChI is InChI=1S/C5H10N4O8/c1-5(17-9(14)15)4-6(7(10)11)2-3-16-8(12)13/h5H,2-4H2,1H3. The Kier molecular flexibility index (Phi) is 5.99. The molecule has 0 bridgehead atoms. The van der Waals surface area contributed by atoms with Crippen LogP contribution in [0, 0.1) is 30.3 Å². The topological polar surface area (TPSA) is 151 Å². The summed E-state index contributed by atoms with van der Waals surface area (Å²) in [5.74, 6) is 0. The maximum Gasteiger partial charge on any atom is 0.294 e. The highest BCUT2D eigenvalue weighted by molar-refractivity contribution is 4.52. The van der Waals surface area contributed by atoms with Crippen molar-refractivity contribution in [3.63, 3.8) is 0 Å². The number of hydrazine groups is 1. The first-order chi connectivity index (χ1) is 7.82. The maximum atomic E-state index is 10.5. The van der Waals surface area contributed by atoms with Crippen molar-refractivity contribution in [3.8, 4) is 0 Å². The molecule has 0 aromatic heterocycles. The molecule has 0 saturated heterocycles. The zero-order chi connectivity index (χ0) is 13.4. The molecule has 0 amide bonds. The van der Waals surface area contributed by atoms with Crippen LogP contribution in [-0.4, -0.2) is 46.0 Å². The summed E-state index contributed by atoms with van der Waals surface area (Å²) < 4.78 is 0. The smallest absolute Gasteiger partial charge is 0.294 e. The molecule has 1 atom stereocenters. The predicted octanol–water partition coefficient (Wildman–Crippen LogP) is -0.715. The molecule has 0 aliphatic heterocycles. The summed E-state index contributed by atoms with van der Waals surface area (Å²) in [7, 11) is 0. The van der Waals surface area contributed by atoms with Crippen molar-refractivity contribution in [2.75, 3.05) is 19.7 Å². The summed E-state index contributed by atoms with van der Waals surface area (Å²) in [5, 5.41) is 27.7. The zero-order valence-corrected chi connectivity index (χ0v) is 8.75. The third-order valence-corrected chi connectivity index (χ3v) is 1.51. The average molecular weight is 254 g/mol. The zero-order valence-electron chi connectivity index (χ0n) is 8.75. The van der Waals surface area contributed by atoms with E-state index in [1.54, 1.807) is 0 Å². The Morgan fingerprint density at radius 3 is 2.18 bits per heavy atom. The molecule has 0 aromatic carbocycles. The number of rotatable bonds is 9. The van der Waals surface area contributed by atoms with E-state index in [4.69, 9.17) is 0 Å². The van der Waals surface area contributed by atoms with Crippen LogP contribution in [0.1, 0.15) is 6.92 Å². The molecule has 0 N–H and O–H groups in total. The Hall–Kier alpha value is -2.40. The third-order valence-electron chi connectivity index (χ3n) is 1.51. The Bertz CT molecular complexity index is 296. The minimum atomic E-state index is -1.09. The first kappa shape index (κ1) is 14.6. The highest BCUT2D eigenvalue weighted by Gasteiger charge is 2.20. The molecule has 98 valence electrons. The van der Waals surface area contributed by atoms with Crippen LogP contribution in [0.15, 0.2) is 0 Å². The first-order valence-corrected chi connectivity index (χ1v) is 4.30. The van der Waals surface area contributed by atoms with Crippen molar-refractivity contribution in [3.05, 3.63) is 30.3 Å². The first-order valence-electron chi connectivity index (χ1n) is 4.30. The maximum absolute atomic E-state index is 10.5. The van der Waals surface area contributed by atoms with Gasteiger partial charge in [-0.2, -0.15) is 0 Å². The van der Waals surface area contributed by atoms with Crippen LogP contribution in [0.25, 0.3) is 0 Å². The van der Waals surface area contributed by atoms with Crippen molar-refractivity contribution >= 4 is 0 Å². The van der Waals surface area contributed by atoms with E-state index in [-0.39, 0.29) is 6.54 Å². The minimum absolute atomic E-state index is 0.389. The van der Waals surface area contributed by atoms with Crippen molar-refractivity contribution in [2.45, 2.75) is 13.0 Å². The van der Waals surface area contributed by atoms with Gasteiger partial charge in [-0.3, -0.25) is 0 Å². The second-order valence-electron chi connectivity index (χ2n) is 2.85. The van der Waals surface area contributed by atoms with Crippen LogP contribution < -0.4 is 0 Å². The van der Waals surface area contributed by atoms with E-state index in [1.165, 1.54) is 6.92 Å². The van der Waals surface area contributed by atoms with E-state index in [0.29, 0.717) is 5.01 Å². The molecule has 0 fully saturated rings. The monoisotopic (exact) mass is 254 g/mol. The second kappa shape index (κ2) is 6.97. The van der Waals surface area contributed by atoms with Crippen LogP contribution >= 0.6 is 0 Å². The number of hydrogen-bond acceptors (Lipinski definition) is 8. The lowest BCUT2D eigenvalue weighted by Gasteiger charge is -2.16. The van der Waals surface area contributed by atoms with Gasteiger partial charge >= 0.3 is 0 Å². The van der Waals surface area contributed by atoms with E-state index in [1.807, 2.05) is 0 Å². The van der Waals surface area contributed by atoms with Crippen molar-refractivity contribution in [2.24, 2.45) is 0 Å². The van der Waals surface area contributed by atoms with E-state index in [0.717, 1.165) is 0 Å². The molecule has 0 saturated carbocycles. The van der Waals surface area contributed by atoms with Gasteiger partial charge in [0.15, 0.2) is 5.03 Å². The van der Waals surface area contributed by atoms with Gasteiger partial charge in [-0.05, 0) is 6.92 Å². The van der Waals surface area contributed by atoms with E-state index in [2.05, 4.69) is 9.68 Å². The SMILES string of the molecule is CC(CN(CCO[N+](=O)[O-])[N+](=O)[O-])O[N+](=O)[O-]. The van der Waals surface area contributed by atoms with Gasteiger partial charge < -0.3 is 9.68 Å². The van der Waals surface area contributed by atoms with Gasteiger partial charge in [0, 0.05) is 0 Å². The van der Waals surface area contributed by atoms with Gasteiger partial charge in [-0.25, -0.2) is 10.1 Å². The van der Waals surface area contributed by atoms with Gasteiger partial charge in [-0.15, -0.1) is 25.2 Å². The summed E-state index contributed by atoms with van der Waals surface area (Å²) in [6.45, 7) is -0.0404. The molecule has 12 heteroatoms. The van der Waals surface area contributed by atoms with Gasteiger partial charge in [0.2, 0.25) is 0 Å². The van der Waals surface area contributed by atoms with Gasteiger partial charge in [0.25, 0.3) is 10.2 Å². The lowest BCUT2D eigenvalue weighted by Crippen LogP contribution is -2.39. The molecule has 0 aromatic rings. The Balaban J connectivity index is 4.10. The largest absolute Gasteiger partial charge is 0.312 e. The summed E-state index contributed by atoms with van der Waals surface area (Å²) >= 11 is 0. The minimum Gasteiger partial charge on any atom is -0.312 e. The molecular formula is C5H10N4O8. The summed E-state index contributed by atoms with van der Waals surface area (Å²) in [4.78, 5) is 38.2. The number of nitro groups is 1. The second-order valence-corrected chi connectivity index (χ2v) is 2.85. The normalized spacial score (nSPS) is 11.4. The fourth-order valence-corrected chi connectivity index (χ4v) is 0.937. The van der Waals surface area contributed by atoms with E-state index in [9.17, 15) is 30.3 Å². The molecule has 17 heavy (non-hydrogen) atoms. The van der Waals surface area contributed by atoms with E-state index < -0.39 is 34.5 Å². The van der Waals surface area contributed by atoms with Crippen molar-refractivity contribution < 1.29 is 24.9 Å². The molecule has 0 radical (unpaired) electrons. The Morgan fingerprint density at radius 2 is 1.76 bits per heavy atom. The lowest BCUT2D eigenvalue weighted by atomic mass is 10.4. The average Bonchev–Trinajstić information content (AvgIpc) is 2.13. The Morgan fingerprint density at radius 1 is 1.18 bits per heavy atom. The van der Waals surface area contributed by atoms with Gasteiger partial charge in [-0.1, -0.05) is 0 Å². The molecule has 0 aliphatic rings. The molecule has 0 spiro atoms. The summed E-state index contributed by atoms with van der Waals surface area (Å²) in [6, 6.07) is 0. The third kappa shape index (κ3) is 7.52. The molecule has 0 aliphatic carbocycles. The highest BCUT2D eigenvalue weighted by Crippen LogP contribution is 1.97. The van der Waals surface area contributed by atoms with Crippen LogP contribution in [0.5, 0.6) is 0 Å². The predicted molar refractivity (Wildman–Crippen MR) is 49.1 cm³/mol. The Labute approximate surface area is 94.0 Å². The summed E-state index contributed by atoms with van der Waals surface area (Å²) in [5.41, 5.74) is 0. The van der Waals surface area contributed by atoms with E-state index >= 15 is 0 Å². The quantitative estimate of drug-likeness (QED) is 0.383. The lowest BCUT2D eigenvalue weighted by molar-refractivity contribution is -0.772. The summed E-state index contributed by atoms with van der Waals surface area (Å²) in [6.07, 6.45) is -1.04. The molecule has 12 nitrogen and oxygen atoms in total. The fourth-order valence-electron chi connectivity index (χ4n) is 0.937. The van der Waals surface area contributed by atoms with Gasteiger partial charge in [0.05, 0.1) is 0 Å². The molecule has 0 rings (SSSR count). The van der Waals surface area contributed by atoms with Crippen LogP contribution in [0.3, 0.4) is 0 Å². The molecular weight excluding hydrogens is 244 g/mol. The van der Waals surface area contributed by atoms with Crippen molar-refractivity contribution in [1.29, 1.82) is 0 Å². The number of nitrogens with zero attached hydrogens (tertiary/aromatic N) is 4. The fraction of sp³-hybridized carbons (Fsp3) is 1.00. The van der Waals surface area contributed by atoms with Gasteiger partial charge in [0.1, 0.15) is 25.8 Å². The van der Waals surface area contributed by atoms with Crippen LogP contribution in [-0.2, 0) is 9.68 Å². The molecule has 0 heterocycles. The number of hydrogen-bond donors (Lipinski definition) is 0.